The quantitative estimate of drug-likeness (QED) is 0.764. The highest BCUT2D eigenvalue weighted by molar-refractivity contribution is 7.90. The summed E-state index contributed by atoms with van der Waals surface area (Å²) in [6.45, 7) is 4.69. The molecular weight excluding hydrogens is 266 g/mol. The van der Waals surface area contributed by atoms with E-state index in [1.807, 2.05) is 6.92 Å². The maximum absolute atomic E-state index is 11.1. The minimum absolute atomic E-state index is 0.190. The lowest BCUT2D eigenvalue weighted by molar-refractivity contribution is -0.138. The van der Waals surface area contributed by atoms with Gasteiger partial charge in [-0.2, -0.15) is 0 Å². The molecule has 1 N–H and O–H groups in total. The summed E-state index contributed by atoms with van der Waals surface area (Å²) in [6.07, 6.45) is 4.31. The Morgan fingerprint density at radius 1 is 1.47 bits per heavy atom. The predicted molar refractivity (Wildman–Crippen MR) is 74.9 cm³/mol. The first-order chi connectivity index (χ1) is 8.78. The molecule has 0 aliphatic carbocycles. The first-order valence-electron chi connectivity index (χ1n) is 6.90. The maximum atomic E-state index is 11.1. The van der Waals surface area contributed by atoms with Crippen LogP contribution in [0.3, 0.4) is 0 Å². The molecule has 1 saturated heterocycles. The zero-order chi connectivity index (χ0) is 14.5. The van der Waals surface area contributed by atoms with E-state index in [2.05, 4.69) is 4.90 Å². The van der Waals surface area contributed by atoms with Crippen molar-refractivity contribution in [2.45, 2.75) is 32.6 Å². The van der Waals surface area contributed by atoms with E-state index in [1.165, 1.54) is 6.26 Å². The van der Waals surface area contributed by atoms with Gasteiger partial charge in [-0.25, -0.2) is 8.42 Å². The third-order valence-electron chi connectivity index (χ3n) is 3.83. The van der Waals surface area contributed by atoms with Crippen molar-refractivity contribution in [3.05, 3.63) is 0 Å². The van der Waals surface area contributed by atoms with E-state index >= 15 is 0 Å². The van der Waals surface area contributed by atoms with E-state index in [9.17, 15) is 13.2 Å². The molecule has 1 heterocycles. The number of carbonyl (C=O) groups is 1. The Labute approximate surface area is 115 Å². The average Bonchev–Trinajstić information content (AvgIpc) is 2.26. The lowest BCUT2D eigenvalue weighted by Gasteiger charge is -2.35. The molecule has 1 fully saturated rings. The van der Waals surface area contributed by atoms with Gasteiger partial charge in [0.1, 0.15) is 9.84 Å². The molecule has 0 bridgehead atoms. The summed E-state index contributed by atoms with van der Waals surface area (Å²) in [7, 11) is -2.88. The van der Waals surface area contributed by atoms with Gasteiger partial charge < -0.3 is 10.0 Å². The minimum Gasteiger partial charge on any atom is -0.481 e. The second kappa shape index (κ2) is 7.24. The Kier molecular flexibility index (Phi) is 6.26. The zero-order valence-electron chi connectivity index (χ0n) is 11.8. The van der Waals surface area contributed by atoms with E-state index in [0.29, 0.717) is 12.3 Å². The molecule has 0 amide bonds. The molecule has 0 aromatic carbocycles. The first-order valence-corrected chi connectivity index (χ1v) is 8.96. The van der Waals surface area contributed by atoms with E-state index in [1.54, 1.807) is 0 Å². The number of likely N-dealkylation sites (tertiary alicyclic amines) is 1. The highest BCUT2D eigenvalue weighted by atomic mass is 32.2. The number of carboxylic acids is 1. The minimum atomic E-state index is -2.88. The van der Waals surface area contributed by atoms with Gasteiger partial charge in [0.2, 0.25) is 0 Å². The molecule has 6 heteroatoms. The zero-order valence-corrected chi connectivity index (χ0v) is 12.7. The van der Waals surface area contributed by atoms with Gasteiger partial charge in [0, 0.05) is 19.2 Å². The lowest BCUT2D eigenvalue weighted by atomic mass is 9.84. The topological polar surface area (TPSA) is 74.7 Å². The van der Waals surface area contributed by atoms with Crippen molar-refractivity contribution < 1.29 is 18.3 Å². The smallest absolute Gasteiger partial charge is 0.303 e. The monoisotopic (exact) mass is 291 g/mol. The van der Waals surface area contributed by atoms with Crippen LogP contribution in [0.25, 0.3) is 0 Å². The fourth-order valence-electron chi connectivity index (χ4n) is 2.75. The van der Waals surface area contributed by atoms with E-state index < -0.39 is 15.8 Å². The highest BCUT2D eigenvalue weighted by Gasteiger charge is 2.25. The molecule has 0 aromatic heterocycles. The number of nitrogens with zero attached hydrogens (tertiary/aromatic N) is 1. The molecule has 1 aliphatic rings. The number of hydrogen-bond acceptors (Lipinski definition) is 4. The molecule has 2 unspecified atom stereocenters. The summed E-state index contributed by atoms with van der Waals surface area (Å²) < 4.78 is 22.2. The van der Waals surface area contributed by atoms with Crippen LogP contribution in [0.4, 0.5) is 0 Å². The second-order valence-corrected chi connectivity index (χ2v) is 8.02. The summed E-state index contributed by atoms with van der Waals surface area (Å²) in [5, 5.41) is 8.83. The van der Waals surface area contributed by atoms with Gasteiger partial charge in [0.25, 0.3) is 0 Å². The number of sulfone groups is 1. The van der Waals surface area contributed by atoms with E-state index in [4.69, 9.17) is 5.11 Å². The molecule has 5 nitrogen and oxygen atoms in total. The molecule has 2 atom stereocenters. The van der Waals surface area contributed by atoms with Crippen molar-refractivity contribution in [2.75, 3.05) is 31.6 Å². The van der Waals surface area contributed by atoms with Crippen LogP contribution in [-0.4, -0.2) is 56.0 Å². The van der Waals surface area contributed by atoms with Gasteiger partial charge in [-0.05, 0) is 44.2 Å². The Morgan fingerprint density at radius 2 is 2.16 bits per heavy atom. The lowest BCUT2D eigenvalue weighted by Crippen LogP contribution is -2.39. The van der Waals surface area contributed by atoms with Crippen molar-refractivity contribution in [2.24, 2.45) is 11.8 Å². The number of aliphatic carboxylic acids is 1. The van der Waals surface area contributed by atoms with Gasteiger partial charge in [-0.1, -0.05) is 6.92 Å². The number of hydrogen-bond donors (Lipinski definition) is 1. The molecule has 112 valence electrons. The molecule has 1 rings (SSSR count). The molecule has 0 spiro atoms. The van der Waals surface area contributed by atoms with Crippen molar-refractivity contribution in [1.29, 1.82) is 0 Å². The first kappa shape index (κ1) is 16.4. The SMILES string of the molecule is CC(CC(=O)O)C1CCCN(CCCS(C)(=O)=O)C1. The van der Waals surface area contributed by atoms with Crippen LogP contribution in [-0.2, 0) is 14.6 Å². The van der Waals surface area contributed by atoms with Crippen molar-refractivity contribution in [1.82, 2.24) is 4.90 Å². The van der Waals surface area contributed by atoms with Crippen LogP contribution in [0, 0.1) is 11.8 Å². The second-order valence-electron chi connectivity index (χ2n) is 5.76. The maximum Gasteiger partial charge on any atom is 0.303 e. The molecule has 1 aliphatic heterocycles. The summed E-state index contributed by atoms with van der Waals surface area (Å²) >= 11 is 0. The van der Waals surface area contributed by atoms with Crippen LogP contribution >= 0.6 is 0 Å². The van der Waals surface area contributed by atoms with Crippen LogP contribution < -0.4 is 0 Å². The van der Waals surface area contributed by atoms with Crippen molar-refractivity contribution in [3.8, 4) is 0 Å². The van der Waals surface area contributed by atoms with Gasteiger partial charge in [0.15, 0.2) is 0 Å². The fourth-order valence-corrected chi connectivity index (χ4v) is 3.40. The van der Waals surface area contributed by atoms with Crippen LogP contribution in [0.15, 0.2) is 0 Å². The van der Waals surface area contributed by atoms with Crippen LogP contribution in [0.2, 0.25) is 0 Å². The average molecular weight is 291 g/mol. The number of carboxylic acid groups (broad SMARTS) is 1. The Hall–Kier alpha value is -0.620. The Morgan fingerprint density at radius 3 is 2.74 bits per heavy atom. The van der Waals surface area contributed by atoms with Gasteiger partial charge in [-0.15, -0.1) is 0 Å². The van der Waals surface area contributed by atoms with Crippen LogP contribution in [0.5, 0.6) is 0 Å². The molecular formula is C13H25NO4S. The fraction of sp³-hybridized carbons (Fsp3) is 0.923. The van der Waals surface area contributed by atoms with Gasteiger partial charge >= 0.3 is 5.97 Å². The molecule has 0 saturated carbocycles. The standard InChI is InChI=1S/C13H25NO4S/c1-11(9-13(15)16)12-5-3-6-14(10-12)7-4-8-19(2,17)18/h11-12H,3-10H2,1-2H3,(H,15,16). The van der Waals surface area contributed by atoms with E-state index in [0.717, 1.165) is 32.5 Å². The highest BCUT2D eigenvalue weighted by Crippen LogP contribution is 2.26. The third-order valence-corrected chi connectivity index (χ3v) is 4.86. The van der Waals surface area contributed by atoms with Crippen LogP contribution in [0.1, 0.15) is 32.6 Å². The summed E-state index contributed by atoms with van der Waals surface area (Å²) in [5.41, 5.74) is 0. The van der Waals surface area contributed by atoms with Gasteiger partial charge in [-0.3, -0.25) is 4.79 Å². The normalized spacial score (nSPS) is 23.2. The number of rotatable bonds is 7. The largest absolute Gasteiger partial charge is 0.481 e. The Bertz CT molecular complexity index is 393. The predicted octanol–water partition coefficient (Wildman–Crippen LogP) is 1.24. The molecule has 0 radical (unpaired) electrons. The van der Waals surface area contributed by atoms with Crippen molar-refractivity contribution >= 4 is 15.8 Å². The molecule has 19 heavy (non-hydrogen) atoms. The van der Waals surface area contributed by atoms with Gasteiger partial charge in [0.05, 0.1) is 5.75 Å². The summed E-state index contributed by atoms with van der Waals surface area (Å²) in [4.78, 5) is 13.0. The Balaban J connectivity index is 2.35. The summed E-state index contributed by atoms with van der Waals surface area (Å²) in [5.74, 6) is 0.110. The van der Waals surface area contributed by atoms with E-state index in [-0.39, 0.29) is 18.1 Å². The number of piperidine rings is 1. The summed E-state index contributed by atoms with van der Waals surface area (Å²) in [6, 6.07) is 0. The molecule has 0 aromatic rings. The van der Waals surface area contributed by atoms with Crippen molar-refractivity contribution in [3.63, 3.8) is 0 Å². The third kappa shape index (κ3) is 6.92.